The molecule has 0 radical (unpaired) electrons. The van der Waals surface area contributed by atoms with E-state index in [0.717, 1.165) is 27.9 Å². The summed E-state index contributed by atoms with van der Waals surface area (Å²) in [6.45, 7) is 2.25. The van der Waals surface area contributed by atoms with Crippen molar-refractivity contribution in [1.82, 2.24) is 41.0 Å². The number of carbonyl (C=O) groups excluding carboxylic acids is 5. The van der Waals surface area contributed by atoms with Crippen molar-refractivity contribution in [1.29, 1.82) is 0 Å². The van der Waals surface area contributed by atoms with Gasteiger partial charge in [0.2, 0.25) is 29.9 Å². The van der Waals surface area contributed by atoms with Crippen LogP contribution in [-0.2, 0) is 41.6 Å². The summed E-state index contributed by atoms with van der Waals surface area (Å²) >= 11 is 0. The largest absolute Gasteiger partial charge is 0.508 e. The molecule has 1 aromatic heterocycles. The number of aromatic amines is 1. The van der Waals surface area contributed by atoms with Gasteiger partial charge in [-0.3, -0.25) is 33.5 Å². The van der Waals surface area contributed by atoms with Crippen LogP contribution < -0.4 is 43.6 Å². The molecule has 1 aliphatic heterocycles. The number of likely N-dealkylation sites (N-methyl/N-ethyl adjacent to an activating group) is 1. The van der Waals surface area contributed by atoms with E-state index < -0.39 is 96.0 Å². The minimum atomic E-state index is -1.58. The monoisotopic (exact) mass is 821 g/mol. The van der Waals surface area contributed by atoms with Crippen LogP contribution >= 0.6 is 0 Å². The van der Waals surface area contributed by atoms with Crippen LogP contribution in [0.4, 0.5) is 4.79 Å². The Labute approximate surface area is 336 Å². The van der Waals surface area contributed by atoms with Crippen LogP contribution in [0, 0.1) is 0 Å². The summed E-state index contributed by atoms with van der Waals surface area (Å²) in [6, 6.07) is 7.83. The zero-order valence-electron chi connectivity index (χ0n) is 32.3. The number of urea groups is 1. The fraction of sp³-hybridized carbons (Fsp3) is 0.368. The molecule has 316 valence electrons. The number of hydrogen-bond donors (Lipinski definition) is 10. The van der Waals surface area contributed by atoms with Gasteiger partial charge in [-0.25, -0.2) is 14.4 Å². The zero-order chi connectivity index (χ0) is 43.4. The van der Waals surface area contributed by atoms with Crippen molar-refractivity contribution in [3.63, 3.8) is 0 Å². The van der Waals surface area contributed by atoms with E-state index in [2.05, 4.69) is 31.6 Å². The first-order valence-corrected chi connectivity index (χ1v) is 18.3. The Bertz CT molecular complexity index is 2160. The number of nitrogens with zero attached hydrogens (tertiary/aromatic N) is 2. The number of carbonyl (C=O) groups is 6. The first-order valence-electron chi connectivity index (χ1n) is 18.3. The van der Waals surface area contributed by atoms with Crippen LogP contribution in [0.15, 0.2) is 88.4 Å². The van der Waals surface area contributed by atoms with E-state index in [1.165, 1.54) is 33.0 Å². The lowest BCUT2D eigenvalue weighted by atomic mass is 10.0. The van der Waals surface area contributed by atoms with Gasteiger partial charge in [0.1, 0.15) is 41.8 Å². The lowest BCUT2D eigenvalue weighted by Gasteiger charge is -2.34. The van der Waals surface area contributed by atoms with Gasteiger partial charge in [-0.2, -0.15) is 0 Å². The molecular formula is C38H47N9O12. The smallest absolute Gasteiger partial charge is 0.331 e. The second kappa shape index (κ2) is 20.4. The number of aliphatic hydroxyl groups excluding tert-OH is 1. The summed E-state index contributed by atoms with van der Waals surface area (Å²) in [4.78, 5) is 106. The summed E-state index contributed by atoms with van der Waals surface area (Å²) < 4.78 is 6.62. The van der Waals surface area contributed by atoms with Gasteiger partial charge in [-0.05, 0) is 37.1 Å². The molecular weight excluding hydrogens is 774 g/mol. The number of hydrogen-bond acceptors (Lipinski definition) is 12. The molecule has 59 heavy (non-hydrogen) atoms. The van der Waals surface area contributed by atoms with Crippen molar-refractivity contribution in [2.75, 3.05) is 13.6 Å². The number of rotatable bonds is 17. The van der Waals surface area contributed by atoms with Crippen LogP contribution in [0.2, 0.25) is 0 Å². The van der Waals surface area contributed by atoms with Crippen molar-refractivity contribution >= 4 is 35.6 Å². The van der Waals surface area contributed by atoms with Crippen molar-refractivity contribution < 1.29 is 48.8 Å². The molecule has 0 saturated carbocycles. The normalized spacial score (nSPS) is 17.9. The highest BCUT2D eigenvalue weighted by Crippen LogP contribution is 2.29. The summed E-state index contributed by atoms with van der Waals surface area (Å²) in [7, 11) is 1.32. The number of phenols is 1. The average molecular weight is 822 g/mol. The molecule has 0 bridgehead atoms. The third kappa shape index (κ3) is 12.5. The van der Waals surface area contributed by atoms with Crippen molar-refractivity contribution in [3.05, 3.63) is 111 Å². The van der Waals surface area contributed by atoms with Gasteiger partial charge in [0.15, 0.2) is 0 Å². The molecule has 4 rings (SSSR count). The highest BCUT2D eigenvalue weighted by atomic mass is 16.5. The molecule has 0 aliphatic carbocycles. The molecule has 1 fully saturated rings. The van der Waals surface area contributed by atoms with Crippen molar-refractivity contribution in [2.24, 2.45) is 5.73 Å². The Morgan fingerprint density at radius 3 is 2.25 bits per heavy atom. The molecule has 11 N–H and O–H groups in total. The Morgan fingerprint density at radius 1 is 0.932 bits per heavy atom. The van der Waals surface area contributed by atoms with Gasteiger partial charge in [-0.15, -0.1) is 0 Å². The first kappa shape index (κ1) is 44.7. The zero-order valence-corrected chi connectivity index (χ0v) is 32.3. The molecule has 2 heterocycles. The lowest BCUT2D eigenvalue weighted by Crippen LogP contribution is -2.62. The number of phenolic OH excluding ortho intramolecular Hbond substituents is 1. The number of nitrogens with one attached hydrogen (secondary N) is 6. The number of benzene rings is 2. The maximum absolute atomic E-state index is 14.0. The number of H-pyrrole nitrogens is 1. The number of aromatic hydroxyl groups is 1. The van der Waals surface area contributed by atoms with E-state index in [0.29, 0.717) is 11.1 Å². The number of carboxylic acids is 1. The number of ether oxygens (including phenoxy) is 1. The third-order valence-electron chi connectivity index (χ3n) is 9.33. The molecule has 2 aromatic carbocycles. The molecule has 7 atom stereocenters. The topological polar surface area (TPSA) is 317 Å². The van der Waals surface area contributed by atoms with Crippen molar-refractivity contribution in [2.45, 2.75) is 75.7 Å². The Kier molecular flexibility index (Phi) is 15.5. The van der Waals surface area contributed by atoms with E-state index in [1.54, 1.807) is 42.5 Å². The maximum atomic E-state index is 14.0. The fourth-order valence-electron chi connectivity index (χ4n) is 6.03. The summed E-state index contributed by atoms with van der Waals surface area (Å²) in [5, 5.41) is 42.5. The van der Waals surface area contributed by atoms with Gasteiger partial charge >= 0.3 is 17.7 Å². The Balaban J connectivity index is 1.55. The molecule has 21 nitrogen and oxygen atoms in total. The van der Waals surface area contributed by atoms with E-state index in [-0.39, 0.29) is 30.8 Å². The molecule has 3 aromatic rings. The van der Waals surface area contributed by atoms with Gasteiger partial charge in [0.05, 0.1) is 12.6 Å². The fourth-order valence-corrected chi connectivity index (χ4v) is 6.03. The van der Waals surface area contributed by atoms with Gasteiger partial charge in [0.25, 0.3) is 5.56 Å². The van der Waals surface area contributed by atoms with Gasteiger partial charge < -0.3 is 57.3 Å². The number of aliphatic hydroxyl groups is 1. The molecule has 0 spiro atoms. The third-order valence-corrected chi connectivity index (χ3v) is 9.33. The molecule has 6 amide bonds. The number of amides is 6. The quantitative estimate of drug-likeness (QED) is 0.0698. The van der Waals surface area contributed by atoms with Crippen LogP contribution in [-0.4, -0.2) is 115 Å². The number of aliphatic carboxylic acids is 1. The lowest BCUT2D eigenvalue weighted by molar-refractivity contribution is -0.140. The first-order chi connectivity index (χ1) is 28.0. The highest BCUT2D eigenvalue weighted by Gasteiger charge is 2.37. The van der Waals surface area contributed by atoms with Crippen molar-refractivity contribution in [3.8, 4) is 5.75 Å². The van der Waals surface area contributed by atoms with E-state index in [4.69, 9.17) is 10.5 Å². The average Bonchev–Trinajstić information content (AvgIpc) is 3.57. The Hall–Kier alpha value is -7.00. The predicted octanol–water partition coefficient (Wildman–Crippen LogP) is -2.12. The van der Waals surface area contributed by atoms with Gasteiger partial charge in [-0.1, -0.05) is 42.5 Å². The summed E-state index contributed by atoms with van der Waals surface area (Å²) in [6.07, 6.45) is -0.672. The maximum Gasteiger partial charge on any atom is 0.331 e. The number of aromatic nitrogens is 2. The van der Waals surface area contributed by atoms with Crippen LogP contribution in [0.3, 0.4) is 0 Å². The summed E-state index contributed by atoms with van der Waals surface area (Å²) in [5.41, 5.74) is 5.09. The van der Waals surface area contributed by atoms with E-state index in [9.17, 15) is 53.7 Å². The number of carboxylic acid groups (broad SMARTS) is 1. The molecule has 1 aliphatic rings. The highest BCUT2D eigenvalue weighted by molar-refractivity contribution is 5.94. The van der Waals surface area contributed by atoms with Crippen LogP contribution in [0.1, 0.15) is 37.6 Å². The second-order valence-electron chi connectivity index (χ2n) is 13.7. The minimum absolute atomic E-state index is 0.00183. The summed E-state index contributed by atoms with van der Waals surface area (Å²) in [5.74, 6) is -4.64. The van der Waals surface area contributed by atoms with E-state index >= 15 is 0 Å². The molecule has 21 heteroatoms. The number of nitrogens with two attached hydrogens (primary N) is 1. The standard InChI is InChI=1S/C38H47N9O12/c1-20(41-37(57)43-27(36(55)56)15-22-8-5-4-6-9-22)32(52)45-31(33(53)40-19-25-17-28(49)35(59-25)47-13-12-29(50)44-38(47)58)21(2)46(3)34(54)26(42-30(51)18-39)16-23-10-7-11-24(48)14-23/h4-14,19-21,26-28,31,35,48-49H,15-18,39H2,1-3H3,(H,40,53)(H,42,51)(H,45,52)(H,55,56)(H2,41,43,57)(H,44,50,58)/b25-19-/t20-,21-,26?,27-,28+,31-,35+/m0/s1. The Morgan fingerprint density at radius 2 is 1.61 bits per heavy atom. The van der Waals surface area contributed by atoms with Crippen LogP contribution in [0.5, 0.6) is 5.75 Å². The van der Waals surface area contributed by atoms with Crippen LogP contribution in [0.25, 0.3) is 0 Å². The minimum Gasteiger partial charge on any atom is -0.508 e. The predicted molar refractivity (Wildman–Crippen MR) is 208 cm³/mol. The van der Waals surface area contributed by atoms with Gasteiger partial charge in [0, 0.05) is 44.8 Å². The molecule has 1 unspecified atom stereocenters. The SMILES string of the molecule is C[C@H](NC(=O)N[C@@H](Cc1ccccc1)C(=O)O)C(=O)N[C@H](C(=O)N/C=C1/C[C@@H](O)[C@H](n2ccc(=O)[nH]c2=O)O1)[C@H](C)N(C)C(=O)C(Cc1cccc(O)c1)NC(=O)CN. The second-order valence-corrected chi connectivity index (χ2v) is 13.7. The molecule has 1 saturated heterocycles. The van der Waals surface area contributed by atoms with E-state index in [1.807, 2.05) is 0 Å².